The average Bonchev–Trinajstić information content (AvgIpc) is 2.95. The Morgan fingerprint density at radius 2 is 1.38 bits per heavy atom. The number of ketones is 1. The molecule has 2 unspecified atom stereocenters. The maximum absolute atomic E-state index is 12.8. The summed E-state index contributed by atoms with van der Waals surface area (Å²) in [7, 11) is 2.61. The maximum Gasteiger partial charge on any atom is 0.317 e. The molecule has 0 bridgehead atoms. The molecule has 2 atom stereocenters. The number of carbonyl (C=O) groups excluding carboxylic acids is 3. The maximum atomic E-state index is 12.8. The van der Waals surface area contributed by atoms with Gasteiger partial charge in [0.05, 0.1) is 42.9 Å². The highest BCUT2D eigenvalue weighted by atomic mass is 16.6. The van der Waals surface area contributed by atoms with Gasteiger partial charge in [-0.05, 0) is 30.1 Å². The van der Waals surface area contributed by atoms with E-state index >= 15 is 0 Å². The van der Waals surface area contributed by atoms with Crippen LogP contribution in [0, 0.1) is 22.7 Å². The second-order valence-electron chi connectivity index (χ2n) is 12.5. The molecule has 0 radical (unpaired) electrons. The molecule has 0 spiro atoms. The van der Waals surface area contributed by atoms with E-state index in [1.54, 1.807) is 19.9 Å². The number of ether oxygens (including phenoxy) is 2. The van der Waals surface area contributed by atoms with Crippen molar-refractivity contribution in [3.8, 4) is 0 Å². The lowest BCUT2D eigenvalue weighted by molar-refractivity contribution is -0.154. The Morgan fingerprint density at radius 1 is 0.867 bits per heavy atom. The summed E-state index contributed by atoms with van der Waals surface area (Å²) in [5.74, 6) is -2.75. The molecule has 0 aromatic rings. The zero-order valence-electron chi connectivity index (χ0n) is 28.2. The molecule has 0 fully saturated rings. The van der Waals surface area contributed by atoms with E-state index in [-0.39, 0.29) is 48.1 Å². The number of allylic oxidation sites excluding steroid dienone is 3. The smallest absolute Gasteiger partial charge is 0.317 e. The molecule has 2 N–H and O–H groups in total. The first kappa shape index (κ1) is 39.1. The van der Waals surface area contributed by atoms with Gasteiger partial charge in [-0.2, -0.15) is 0 Å². The minimum Gasteiger partial charge on any atom is -0.512 e. The van der Waals surface area contributed by atoms with E-state index in [1.165, 1.54) is 20.3 Å². The Kier molecular flexibility index (Phi) is 15.8. The minimum absolute atomic E-state index is 0.0606. The fourth-order valence-corrected chi connectivity index (χ4v) is 5.56. The van der Waals surface area contributed by atoms with Crippen LogP contribution in [-0.2, 0) is 33.5 Å². The quantitative estimate of drug-likeness (QED) is 0.0531. The van der Waals surface area contributed by atoms with Gasteiger partial charge in [0.2, 0.25) is 0 Å². The van der Waals surface area contributed by atoms with Crippen LogP contribution in [-0.4, -0.2) is 66.8 Å². The van der Waals surface area contributed by atoms with Gasteiger partial charge in [0, 0.05) is 18.4 Å². The van der Waals surface area contributed by atoms with Gasteiger partial charge in [0.25, 0.3) is 0 Å². The molecule has 0 amide bonds. The van der Waals surface area contributed by atoms with Gasteiger partial charge >= 0.3 is 11.9 Å². The number of methoxy groups -OCH3 is 2. The summed E-state index contributed by atoms with van der Waals surface area (Å²) >= 11 is 0. The van der Waals surface area contributed by atoms with Gasteiger partial charge in [-0.1, -0.05) is 90.0 Å². The molecular weight excluding hydrogens is 580 g/mol. The van der Waals surface area contributed by atoms with Crippen LogP contribution >= 0.6 is 0 Å². The lowest BCUT2D eigenvalue weighted by Crippen LogP contribution is -2.44. The third kappa shape index (κ3) is 10.9. The van der Waals surface area contributed by atoms with Gasteiger partial charge in [-0.15, -0.1) is 0 Å². The van der Waals surface area contributed by atoms with E-state index in [1.807, 2.05) is 27.7 Å². The second kappa shape index (κ2) is 18.2. The average molecular weight is 633 g/mol. The lowest BCUT2D eigenvalue weighted by Gasteiger charge is -2.36. The number of esters is 2. The normalized spacial score (nSPS) is 21.3. The van der Waals surface area contributed by atoms with E-state index in [0.29, 0.717) is 49.1 Å². The predicted molar refractivity (Wildman–Crippen MR) is 174 cm³/mol. The SMILES string of the molecule is C=CCO/N=C(\CCC)C1=C(O)CC(C)(C)C(C(=O)OC)C1=O.C=CCO/N=C(\CCC)C1=C(O)CC(C)(C)CC1C(=O)OC. The molecule has 0 saturated heterocycles. The number of rotatable bonds is 14. The van der Waals surface area contributed by atoms with E-state index in [2.05, 4.69) is 23.5 Å². The Morgan fingerprint density at radius 3 is 1.87 bits per heavy atom. The second-order valence-corrected chi connectivity index (χ2v) is 12.5. The lowest BCUT2D eigenvalue weighted by atomic mass is 9.67. The summed E-state index contributed by atoms with van der Waals surface area (Å²) in [6.07, 6.45) is 7.09. The van der Waals surface area contributed by atoms with Gasteiger partial charge in [0.1, 0.15) is 24.9 Å². The predicted octanol–water partition coefficient (Wildman–Crippen LogP) is 6.71. The number of hydrogen-bond donors (Lipinski definition) is 2. The summed E-state index contributed by atoms with van der Waals surface area (Å²) in [4.78, 5) is 47.3. The first-order valence-corrected chi connectivity index (χ1v) is 15.3. The summed E-state index contributed by atoms with van der Waals surface area (Å²) < 4.78 is 9.69. The van der Waals surface area contributed by atoms with Crippen LogP contribution in [0.5, 0.6) is 0 Å². The Hall–Kier alpha value is -3.89. The van der Waals surface area contributed by atoms with Crippen molar-refractivity contribution < 1.29 is 43.7 Å². The highest BCUT2D eigenvalue weighted by molar-refractivity contribution is 6.27. The summed E-state index contributed by atoms with van der Waals surface area (Å²) in [6, 6.07) is 0. The Labute approximate surface area is 267 Å². The summed E-state index contributed by atoms with van der Waals surface area (Å²) in [5.41, 5.74) is 0.722. The fraction of sp³-hybridized carbons (Fsp3) is 0.618. The topological polar surface area (TPSA) is 153 Å². The molecule has 45 heavy (non-hydrogen) atoms. The van der Waals surface area contributed by atoms with E-state index < -0.39 is 29.0 Å². The molecule has 0 aromatic heterocycles. The van der Waals surface area contributed by atoms with E-state index in [0.717, 1.165) is 6.42 Å². The highest BCUT2D eigenvalue weighted by Gasteiger charge is 2.49. The number of hydrogen-bond acceptors (Lipinski definition) is 11. The molecule has 0 heterocycles. The van der Waals surface area contributed by atoms with Crippen molar-refractivity contribution in [2.75, 3.05) is 27.4 Å². The van der Waals surface area contributed by atoms with Crippen LogP contribution < -0.4 is 0 Å². The Bertz CT molecular complexity index is 1210. The summed E-state index contributed by atoms with van der Waals surface area (Å²) in [5, 5.41) is 28.9. The molecule has 2 aliphatic rings. The standard InChI is InChI=1S/C17H25NO5.C17H27NO4/c1-6-8-11(18-23-9-7-2)13-12(19)10-17(3,4)14(15(13)20)16(21)22-5;1-6-8-13(18-22-9-7-2)15-12(16(20)21-5)10-17(3,4)11-14(15)19/h7,14,19H,2,6,8-10H2,1,3-5H3;7,12,19H,2,6,8-11H2,1,3-5H3/b18-11+;18-13+. The molecular formula is C34H52N2O9. The van der Waals surface area contributed by atoms with Crippen LogP contribution in [0.1, 0.15) is 86.5 Å². The fourth-order valence-electron chi connectivity index (χ4n) is 5.56. The van der Waals surface area contributed by atoms with Crippen molar-refractivity contribution in [1.29, 1.82) is 0 Å². The molecule has 0 aromatic carbocycles. The van der Waals surface area contributed by atoms with Gasteiger partial charge in [-0.3, -0.25) is 14.4 Å². The first-order valence-electron chi connectivity index (χ1n) is 15.3. The largest absolute Gasteiger partial charge is 0.512 e. The van der Waals surface area contributed by atoms with Crippen LogP contribution in [0.2, 0.25) is 0 Å². The number of oxime groups is 2. The van der Waals surface area contributed by atoms with Crippen LogP contribution in [0.15, 0.2) is 58.3 Å². The zero-order valence-corrected chi connectivity index (χ0v) is 28.2. The van der Waals surface area contributed by atoms with Crippen molar-refractivity contribution in [3.05, 3.63) is 48.0 Å². The highest BCUT2D eigenvalue weighted by Crippen LogP contribution is 2.43. The molecule has 0 aliphatic heterocycles. The minimum atomic E-state index is -0.972. The monoisotopic (exact) mass is 632 g/mol. The zero-order chi connectivity index (χ0) is 34.4. The van der Waals surface area contributed by atoms with Crippen LogP contribution in [0.4, 0.5) is 0 Å². The van der Waals surface area contributed by atoms with Crippen LogP contribution in [0.3, 0.4) is 0 Å². The molecule has 252 valence electrons. The first-order chi connectivity index (χ1) is 21.2. The van der Waals surface area contributed by atoms with Crippen molar-refractivity contribution in [2.24, 2.45) is 33.0 Å². The number of nitrogens with zero attached hydrogens (tertiary/aromatic N) is 2. The van der Waals surface area contributed by atoms with Crippen LogP contribution in [0.25, 0.3) is 0 Å². The molecule has 2 rings (SSSR count). The van der Waals surface area contributed by atoms with Gasteiger partial charge < -0.3 is 29.4 Å². The third-order valence-corrected chi connectivity index (χ3v) is 7.49. The van der Waals surface area contributed by atoms with Gasteiger partial charge in [0.15, 0.2) is 5.78 Å². The van der Waals surface area contributed by atoms with Gasteiger partial charge in [-0.25, -0.2) is 0 Å². The molecule has 11 heteroatoms. The number of aliphatic hydroxyl groups excluding tert-OH is 2. The number of carbonyl (C=O) groups is 3. The summed E-state index contributed by atoms with van der Waals surface area (Å²) in [6.45, 7) is 19.1. The van der Waals surface area contributed by atoms with Crippen molar-refractivity contribution in [1.82, 2.24) is 0 Å². The molecule has 11 nitrogen and oxygen atoms in total. The van der Waals surface area contributed by atoms with E-state index in [4.69, 9.17) is 19.1 Å². The Balaban J connectivity index is 0.000000450. The molecule has 0 saturated carbocycles. The number of aliphatic hydroxyl groups is 2. The van der Waals surface area contributed by atoms with Crippen molar-refractivity contribution in [2.45, 2.75) is 86.5 Å². The molecule has 2 aliphatic carbocycles. The third-order valence-electron chi connectivity index (χ3n) is 7.49. The van der Waals surface area contributed by atoms with Crippen molar-refractivity contribution in [3.63, 3.8) is 0 Å². The number of Topliss-reactive ketones (excluding diaryl/α,β-unsaturated/α-hetero) is 1. The van der Waals surface area contributed by atoms with Crippen molar-refractivity contribution >= 4 is 29.1 Å². The van der Waals surface area contributed by atoms with E-state index in [9.17, 15) is 24.6 Å².